The number of hydrogen-bond donors (Lipinski definition) is 2. The van der Waals surface area contributed by atoms with E-state index in [1.54, 1.807) is 11.9 Å². The van der Waals surface area contributed by atoms with Gasteiger partial charge >= 0.3 is 5.97 Å². The molecule has 0 amide bonds. The van der Waals surface area contributed by atoms with Crippen LogP contribution in [-0.4, -0.2) is 46.8 Å². The average molecular weight is 187 g/mol. The molecule has 2 atom stereocenters. The van der Waals surface area contributed by atoms with Crippen molar-refractivity contribution in [2.45, 2.75) is 37.8 Å². The second-order valence-corrected chi connectivity index (χ2v) is 3.73. The highest BCUT2D eigenvalue weighted by molar-refractivity contribution is 5.69. The van der Waals surface area contributed by atoms with Crippen molar-refractivity contribution in [3.05, 3.63) is 0 Å². The number of hydrogen-bond acceptors (Lipinski definition) is 3. The number of aliphatic hydroxyl groups is 1. The first-order valence-corrected chi connectivity index (χ1v) is 4.71. The first-order chi connectivity index (χ1) is 6.11. The van der Waals surface area contributed by atoms with Crippen LogP contribution in [0.15, 0.2) is 0 Å². The Labute approximate surface area is 78.2 Å². The van der Waals surface area contributed by atoms with Gasteiger partial charge in [0.25, 0.3) is 0 Å². The second-order valence-electron chi connectivity index (χ2n) is 3.73. The van der Waals surface area contributed by atoms with Crippen molar-refractivity contribution in [3.63, 3.8) is 0 Å². The van der Waals surface area contributed by atoms with Gasteiger partial charge in [-0.15, -0.1) is 0 Å². The van der Waals surface area contributed by atoms with E-state index < -0.39 is 5.97 Å². The fourth-order valence-electron chi connectivity index (χ4n) is 1.94. The molecule has 1 aliphatic carbocycles. The summed E-state index contributed by atoms with van der Waals surface area (Å²) in [4.78, 5) is 12.2. The van der Waals surface area contributed by atoms with Crippen molar-refractivity contribution in [3.8, 4) is 0 Å². The Kier molecular flexibility index (Phi) is 3.69. The zero-order valence-electron chi connectivity index (χ0n) is 7.94. The zero-order valence-corrected chi connectivity index (χ0v) is 7.94. The van der Waals surface area contributed by atoms with Gasteiger partial charge in [-0.1, -0.05) is 12.8 Å². The fraction of sp³-hybridized carbons (Fsp3) is 0.889. The Morgan fingerprint density at radius 2 is 2.08 bits per heavy atom. The van der Waals surface area contributed by atoms with Gasteiger partial charge < -0.3 is 10.2 Å². The van der Waals surface area contributed by atoms with Gasteiger partial charge in [-0.25, -0.2) is 0 Å². The molecule has 0 aromatic heterocycles. The third-order valence-electron chi connectivity index (χ3n) is 2.64. The largest absolute Gasteiger partial charge is 0.480 e. The molecule has 1 saturated carbocycles. The second kappa shape index (κ2) is 4.58. The zero-order chi connectivity index (χ0) is 9.84. The number of nitrogens with zero attached hydrogens (tertiary/aromatic N) is 1. The van der Waals surface area contributed by atoms with Crippen LogP contribution >= 0.6 is 0 Å². The minimum Gasteiger partial charge on any atom is -0.480 e. The van der Waals surface area contributed by atoms with Crippen molar-refractivity contribution < 1.29 is 15.0 Å². The highest BCUT2D eigenvalue weighted by Crippen LogP contribution is 2.21. The summed E-state index contributed by atoms with van der Waals surface area (Å²) >= 11 is 0. The first kappa shape index (κ1) is 10.5. The number of carbonyl (C=O) groups is 1. The summed E-state index contributed by atoms with van der Waals surface area (Å²) < 4.78 is 0. The average Bonchev–Trinajstić information content (AvgIpc) is 2.03. The van der Waals surface area contributed by atoms with Crippen LogP contribution in [-0.2, 0) is 4.79 Å². The van der Waals surface area contributed by atoms with Crippen LogP contribution in [0.2, 0.25) is 0 Å². The first-order valence-electron chi connectivity index (χ1n) is 4.71. The summed E-state index contributed by atoms with van der Waals surface area (Å²) in [5.41, 5.74) is 0. The monoisotopic (exact) mass is 187 g/mol. The van der Waals surface area contributed by atoms with Gasteiger partial charge in [-0.05, 0) is 19.9 Å². The molecule has 0 saturated heterocycles. The summed E-state index contributed by atoms with van der Waals surface area (Å²) in [5, 5.41) is 18.2. The van der Waals surface area contributed by atoms with Gasteiger partial charge in [0.15, 0.2) is 0 Å². The van der Waals surface area contributed by atoms with E-state index in [0.29, 0.717) is 0 Å². The molecule has 76 valence electrons. The summed E-state index contributed by atoms with van der Waals surface area (Å²) in [7, 11) is 1.76. The SMILES string of the molecule is CN(CC(=O)O)C1CCCCC1O. The minimum atomic E-state index is -0.833. The molecule has 1 aliphatic rings. The molecule has 0 heterocycles. The predicted molar refractivity (Wildman–Crippen MR) is 48.5 cm³/mol. The lowest BCUT2D eigenvalue weighted by Gasteiger charge is -2.34. The highest BCUT2D eigenvalue weighted by Gasteiger charge is 2.27. The lowest BCUT2D eigenvalue weighted by Crippen LogP contribution is -2.45. The Hall–Kier alpha value is -0.610. The van der Waals surface area contributed by atoms with E-state index in [-0.39, 0.29) is 18.7 Å². The molecule has 1 rings (SSSR count). The van der Waals surface area contributed by atoms with Crippen LogP contribution in [0.3, 0.4) is 0 Å². The van der Waals surface area contributed by atoms with Gasteiger partial charge in [0.05, 0.1) is 12.6 Å². The van der Waals surface area contributed by atoms with Crippen LogP contribution in [0.4, 0.5) is 0 Å². The number of aliphatic hydroxyl groups excluding tert-OH is 1. The quantitative estimate of drug-likeness (QED) is 0.667. The smallest absolute Gasteiger partial charge is 0.317 e. The van der Waals surface area contributed by atoms with Crippen LogP contribution in [0.25, 0.3) is 0 Å². The molecule has 0 aromatic carbocycles. The molecule has 2 N–H and O–H groups in total. The summed E-state index contributed by atoms with van der Waals surface area (Å²) in [5.74, 6) is -0.833. The number of likely N-dealkylation sites (N-methyl/N-ethyl adjacent to an activating group) is 1. The van der Waals surface area contributed by atoms with Gasteiger partial charge in [0.2, 0.25) is 0 Å². The Morgan fingerprint density at radius 3 is 2.62 bits per heavy atom. The fourth-order valence-corrected chi connectivity index (χ4v) is 1.94. The van der Waals surface area contributed by atoms with Crippen LogP contribution < -0.4 is 0 Å². The predicted octanol–water partition coefficient (Wildman–Crippen LogP) is 0.306. The topological polar surface area (TPSA) is 60.8 Å². The Bertz CT molecular complexity index is 184. The van der Waals surface area contributed by atoms with E-state index in [1.807, 2.05) is 0 Å². The van der Waals surface area contributed by atoms with E-state index in [1.165, 1.54) is 0 Å². The van der Waals surface area contributed by atoms with E-state index in [0.717, 1.165) is 25.7 Å². The van der Waals surface area contributed by atoms with E-state index >= 15 is 0 Å². The number of carboxylic acid groups (broad SMARTS) is 1. The third-order valence-corrected chi connectivity index (χ3v) is 2.64. The summed E-state index contributed by atoms with van der Waals surface area (Å²) in [6, 6.07) is 0.0323. The van der Waals surface area contributed by atoms with Crippen molar-refractivity contribution in [1.82, 2.24) is 4.90 Å². The van der Waals surface area contributed by atoms with Crippen molar-refractivity contribution in [2.75, 3.05) is 13.6 Å². The number of aliphatic carboxylic acids is 1. The van der Waals surface area contributed by atoms with Gasteiger partial charge in [0.1, 0.15) is 0 Å². The molecule has 0 aromatic rings. The van der Waals surface area contributed by atoms with Crippen LogP contribution in [0.1, 0.15) is 25.7 Å². The van der Waals surface area contributed by atoms with E-state index in [2.05, 4.69) is 0 Å². The maximum absolute atomic E-state index is 10.4. The molecular weight excluding hydrogens is 170 g/mol. The molecule has 0 aliphatic heterocycles. The molecule has 2 unspecified atom stereocenters. The molecule has 4 nitrogen and oxygen atoms in total. The molecule has 0 spiro atoms. The molecule has 1 fully saturated rings. The Morgan fingerprint density at radius 1 is 1.46 bits per heavy atom. The van der Waals surface area contributed by atoms with Gasteiger partial charge in [-0.3, -0.25) is 9.69 Å². The normalized spacial score (nSPS) is 29.2. The van der Waals surface area contributed by atoms with E-state index in [4.69, 9.17) is 5.11 Å². The Balaban J connectivity index is 2.43. The lowest BCUT2D eigenvalue weighted by molar-refractivity contribution is -0.139. The standard InChI is InChI=1S/C9H17NO3/c1-10(6-9(12)13)7-4-2-3-5-8(7)11/h7-8,11H,2-6H2,1H3,(H,12,13). The van der Waals surface area contributed by atoms with E-state index in [9.17, 15) is 9.90 Å². The van der Waals surface area contributed by atoms with Gasteiger partial charge in [-0.2, -0.15) is 0 Å². The van der Waals surface area contributed by atoms with Crippen LogP contribution in [0.5, 0.6) is 0 Å². The molecule has 0 bridgehead atoms. The maximum atomic E-state index is 10.4. The molecule has 13 heavy (non-hydrogen) atoms. The van der Waals surface area contributed by atoms with Crippen molar-refractivity contribution in [1.29, 1.82) is 0 Å². The van der Waals surface area contributed by atoms with Crippen molar-refractivity contribution >= 4 is 5.97 Å². The van der Waals surface area contributed by atoms with Crippen molar-refractivity contribution in [2.24, 2.45) is 0 Å². The molecule has 0 radical (unpaired) electrons. The van der Waals surface area contributed by atoms with Gasteiger partial charge in [0, 0.05) is 6.04 Å². The number of carboxylic acids is 1. The maximum Gasteiger partial charge on any atom is 0.317 e. The lowest BCUT2D eigenvalue weighted by atomic mass is 9.92. The third kappa shape index (κ3) is 2.97. The van der Waals surface area contributed by atoms with Crippen LogP contribution in [0, 0.1) is 0 Å². The minimum absolute atomic E-state index is 0.0156. The number of rotatable bonds is 3. The molecule has 4 heteroatoms. The highest BCUT2D eigenvalue weighted by atomic mass is 16.4. The summed E-state index contributed by atoms with van der Waals surface area (Å²) in [6.45, 7) is 0.0156. The summed E-state index contributed by atoms with van der Waals surface area (Å²) in [6.07, 6.45) is 3.50. The molecular formula is C9H17NO3.